The third kappa shape index (κ3) is 4.45. The molecule has 3 saturated heterocycles. The van der Waals surface area contributed by atoms with Crippen molar-refractivity contribution in [1.29, 1.82) is 0 Å². The maximum atomic E-state index is 13.5. The van der Waals surface area contributed by atoms with Gasteiger partial charge in [-0.05, 0) is 72.4 Å². The van der Waals surface area contributed by atoms with Crippen molar-refractivity contribution >= 4 is 11.9 Å². The normalized spacial score (nSPS) is 28.7. The average molecular weight is 426 g/mol. The molecular formula is C21H33F2N5O2. The Balaban J connectivity index is 1.34. The van der Waals surface area contributed by atoms with E-state index in [2.05, 4.69) is 25.3 Å². The summed E-state index contributed by atoms with van der Waals surface area (Å²) >= 11 is 0. The molecular weight excluding hydrogens is 392 g/mol. The molecule has 30 heavy (non-hydrogen) atoms. The maximum Gasteiger partial charge on any atom is 0.324 e. The van der Waals surface area contributed by atoms with Crippen LogP contribution in [0.15, 0.2) is 4.52 Å². The topological polar surface area (TPSA) is 74.5 Å². The zero-order valence-corrected chi connectivity index (χ0v) is 18.3. The summed E-state index contributed by atoms with van der Waals surface area (Å²) in [5, 5.41) is 6.60. The van der Waals surface area contributed by atoms with Gasteiger partial charge in [0.05, 0.1) is 0 Å². The summed E-state index contributed by atoms with van der Waals surface area (Å²) in [6.07, 6.45) is 5.75. The molecule has 0 aliphatic carbocycles. The molecule has 7 nitrogen and oxygen atoms in total. The molecule has 4 rings (SSSR count). The minimum absolute atomic E-state index is 0.0878. The summed E-state index contributed by atoms with van der Waals surface area (Å²) in [6.45, 7) is 8.68. The van der Waals surface area contributed by atoms with E-state index >= 15 is 0 Å². The first-order chi connectivity index (χ1) is 14.0. The van der Waals surface area contributed by atoms with Crippen LogP contribution in [0.3, 0.4) is 0 Å². The lowest BCUT2D eigenvalue weighted by molar-refractivity contribution is -0.128. The van der Waals surface area contributed by atoms with Crippen LogP contribution in [0.2, 0.25) is 0 Å². The first kappa shape index (κ1) is 21.5. The lowest BCUT2D eigenvalue weighted by Crippen LogP contribution is -2.53. The minimum Gasteiger partial charge on any atom is -0.351 e. The molecule has 3 atom stereocenters. The van der Waals surface area contributed by atoms with Gasteiger partial charge in [0.15, 0.2) is 0 Å². The number of amides is 1. The summed E-state index contributed by atoms with van der Waals surface area (Å²) in [6, 6.07) is 1.18. The number of aromatic nitrogens is 2. The van der Waals surface area contributed by atoms with Crippen LogP contribution in [-0.2, 0) is 10.7 Å². The Labute approximate surface area is 176 Å². The highest BCUT2D eigenvalue weighted by Crippen LogP contribution is 2.41. The van der Waals surface area contributed by atoms with Gasteiger partial charge >= 0.3 is 11.9 Å². The second-order valence-electron chi connectivity index (χ2n) is 10.3. The van der Waals surface area contributed by atoms with Crippen molar-refractivity contribution in [1.82, 2.24) is 20.4 Å². The summed E-state index contributed by atoms with van der Waals surface area (Å²) in [7, 11) is 0. The second kappa shape index (κ2) is 7.73. The van der Waals surface area contributed by atoms with Crippen molar-refractivity contribution in [3.8, 4) is 0 Å². The molecule has 168 valence electrons. The van der Waals surface area contributed by atoms with Gasteiger partial charge in [-0.1, -0.05) is 5.16 Å². The number of alkyl halides is 2. The quantitative estimate of drug-likeness (QED) is 0.798. The SMILES string of the molecule is CC(C)(C)NC(=O)C1CCN(C2C[C@H]3CC[C@@H](C2)N3c2nc(C(C)(F)F)no2)CC1. The number of piperidine rings is 2. The molecule has 1 amide bonds. The molecule has 0 spiro atoms. The van der Waals surface area contributed by atoms with E-state index in [-0.39, 0.29) is 35.5 Å². The Morgan fingerprint density at radius 2 is 1.63 bits per heavy atom. The summed E-state index contributed by atoms with van der Waals surface area (Å²) in [5.74, 6) is -3.39. The molecule has 2 bridgehead atoms. The van der Waals surface area contributed by atoms with E-state index in [0.29, 0.717) is 6.04 Å². The standard InChI is InChI=1S/C21H33F2N5O2/c1-20(2,3)25-17(29)13-7-9-27(10-8-13)16-11-14-5-6-15(12-16)28(14)19-24-18(26-30-19)21(4,22)23/h13-16H,5-12H2,1-4H3,(H,25,29)/t14-,15+,16?. The van der Waals surface area contributed by atoms with Crippen molar-refractivity contribution in [2.45, 2.75) is 95.8 Å². The first-order valence-electron chi connectivity index (χ1n) is 11.1. The predicted molar refractivity (Wildman–Crippen MR) is 108 cm³/mol. The highest BCUT2D eigenvalue weighted by atomic mass is 19.3. The zero-order valence-electron chi connectivity index (χ0n) is 18.3. The van der Waals surface area contributed by atoms with Crippen LogP contribution in [0.5, 0.6) is 0 Å². The van der Waals surface area contributed by atoms with Crippen molar-refractivity contribution in [2.75, 3.05) is 18.0 Å². The molecule has 1 N–H and O–H groups in total. The van der Waals surface area contributed by atoms with E-state index in [1.165, 1.54) is 0 Å². The van der Waals surface area contributed by atoms with Crippen molar-refractivity contribution in [2.24, 2.45) is 5.92 Å². The largest absolute Gasteiger partial charge is 0.351 e. The highest BCUT2D eigenvalue weighted by molar-refractivity contribution is 5.79. The Bertz CT molecular complexity index is 750. The molecule has 3 aliphatic heterocycles. The number of fused-ring (bicyclic) bond motifs is 2. The Hall–Kier alpha value is -1.77. The number of hydrogen-bond donors (Lipinski definition) is 1. The van der Waals surface area contributed by atoms with E-state index < -0.39 is 11.7 Å². The zero-order chi connectivity index (χ0) is 21.7. The second-order valence-corrected chi connectivity index (χ2v) is 10.3. The Kier molecular flexibility index (Phi) is 5.53. The van der Waals surface area contributed by atoms with E-state index in [1.807, 2.05) is 20.8 Å². The van der Waals surface area contributed by atoms with Gasteiger partial charge in [0.25, 0.3) is 0 Å². The summed E-state index contributed by atoms with van der Waals surface area (Å²) < 4.78 is 32.2. The fourth-order valence-electron chi connectivity index (χ4n) is 5.26. The van der Waals surface area contributed by atoms with Gasteiger partial charge in [-0.2, -0.15) is 13.8 Å². The van der Waals surface area contributed by atoms with Gasteiger partial charge in [-0.25, -0.2) is 0 Å². The maximum absolute atomic E-state index is 13.5. The van der Waals surface area contributed by atoms with Gasteiger partial charge in [-0.15, -0.1) is 0 Å². The molecule has 1 unspecified atom stereocenters. The average Bonchev–Trinajstić information content (AvgIpc) is 3.22. The van der Waals surface area contributed by atoms with E-state index in [0.717, 1.165) is 58.5 Å². The number of halogens is 2. The number of hydrogen-bond acceptors (Lipinski definition) is 6. The van der Waals surface area contributed by atoms with Crippen molar-refractivity contribution in [3.63, 3.8) is 0 Å². The van der Waals surface area contributed by atoms with Crippen LogP contribution >= 0.6 is 0 Å². The summed E-state index contributed by atoms with van der Waals surface area (Å²) in [4.78, 5) is 21.0. The molecule has 1 aromatic heterocycles. The van der Waals surface area contributed by atoms with Crippen LogP contribution in [0.1, 0.15) is 72.0 Å². The third-order valence-corrected chi connectivity index (χ3v) is 6.65. The van der Waals surface area contributed by atoms with Crippen LogP contribution in [0, 0.1) is 5.92 Å². The third-order valence-electron chi connectivity index (χ3n) is 6.65. The van der Waals surface area contributed by atoms with Gasteiger partial charge in [0.1, 0.15) is 0 Å². The predicted octanol–water partition coefficient (Wildman–Crippen LogP) is 3.31. The Morgan fingerprint density at radius 3 is 2.13 bits per heavy atom. The van der Waals surface area contributed by atoms with E-state index in [4.69, 9.17) is 4.52 Å². The molecule has 0 saturated carbocycles. The monoisotopic (exact) mass is 425 g/mol. The molecule has 9 heteroatoms. The van der Waals surface area contributed by atoms with Crippen LogP contribution in [0.25, 0.3) is 0 Å². The lowest BCUT2D eigenvalue weighted by atomic mass is 9.90. The molecule has 3 aliphatic rings. The van der Waals surface area contributed by atoms with Crippen LogP contribution in [-0.4, -0.2) is 57.7 Å². The molecule has 0 aromatic carbocycles. The van der Waals surface area contributed by atoms with Crippen molar-refractivity contribution in [3.05, 3.63) is 5.82 Å². The Morgan fingerprint density at radius 1 is 1.03 bits per heavy atom. The fraction of sp³-hybridized carbons (Fsp3) is 0.857. The highest BCUT2D eigenvalue weighted by Gasteiger charge is 2.46. The summed E-state index contributed by atoms with van der Waals surface area (Å²) in [5.41, 5.74) is -0.198. The van der Waals surface area contributed by atoms with Gasteiger partial charge in [0, 0.05) is 36.5 Å². The number of rotatable bonds is 4. The van der Waals surface area contributed by atoms with Gasteiger partial charge in [0.2, 0.25) is 11.7 Å². The lowest BCUT2D eigenvalue weighted by Gasteiger charge is -2.44. The number of nitrogens with one attached hydrogen (secondary N) is 1. The van der Waals surface area contributed by atoms with Crippen molar-refractivity contribution < 1.29 is 18.1 Å². The van der Waals surface area contributed by atoms with Crippen LogP contribution in [0.4, 0.5) is 14.8 Å². The minimum atomic E-state index is -3.09. The molecule has 0 radical (unpaired) electrons. The smallest absolute Gasteiger partial charge is 0.324 e. The van der Waals surface area contributed by atoms with Gasteiger partial charge < -0.3 is 19.6 Å². The van der Waals surface area contributed by atoms with Gasteiger partial charge in [-0.3, -0.25) is 4.79 Å². The molecule has 1 aromatic rings. The first-order valence-corrected chi connectivity index (χ1v) is 11.1. The molecule has 3 fully saturated rings. The number of likely N-dealkylation sites (tertiary alicyclic amines) is 1. The number of carbonyl (C=O) groups excluding carboxylic acids is 1. The van der Waals surface area contributed by atoms with E-state index in [9.17, 15) is 13.6 Å². The fourth-order valence-corrected chi connectivity index (χ4v) is 5.26. The number of carbonyl (C=O) groups is 1. The number of anilines is 1. The van der Waals surface area contributed by atoms with E-state index in [1.54, 1.807) is 0 Å². The van der Waals surface area contributed by atoms with Crippen LogP contribution < -0.4 is 10.2 Å². The molecule has 4 heterocycles. The number of nitrogens with zero attached hydrogens (tertiary/aromatic N) is 4.